The zero-order chi connectivity index (χ0) is 16.5. The van der Waals surface area contributed by atoms with Crippen LogP contribution in [0.2, 0.25) is 0 Å². The molecule has 3 nitrogen and oxygen atoms in total. The van der Waals surface area contributed by atoms with Crippen LogP contribution in [0.15, 0.2) is 59.6 Å². The summed E-state index contributed by atoms with van der Waals surface area (Å²) in [6.07, 6.45) is 2.26. The van der Waals surface area contributed by atoms with Gasteiger partial charge in [-0.05, 0) is 75.7 Å². The summed E-state index contributed by atoms with van der Waals surface area (Å²) in [6.45, 7) is 0.580. The average Bonchev–Trinajstić information content (AvgIpc) is 3.01. The van der Waals surface area contributed by atoms with Gasteiger partial charge in [0.15, 0.2) is 5.96 Å². The molecule has 0 amide bonds. The Hall–Kier alpha value is -2.08. The Morgan fingerprint density at radius 2 is 1.83 bits per heavy atom. The molecule has 4 heteroatoms. The highest BCUT2D eigenvalue weighted by Gasteiger charge is 2.15. The molecule has 0 aromatic heterocycles. The molecule has 0 saturated heterocycles. The van der Waals surface area contributed by atoms with Gasteiger partial charge < -0.3 is 11.1 Å². The molecule has 0 heterocycles. The van der Waals surface area contributed by atoms with Gasteiger partial charge in [0.2, 0.25) is 0 Å². The molecule has 3 N–H and O–H groups in total. The molecule has 24 heavy (non-hydrogen) atoms. The number of nitrogens with one attached hydrogen (secondary N) is 1. The molecule has 0 fully saturated rings. The minimum absolute atomic E-state index is 0.451. The van der Waals surface area contributed by atoms with Crippen molar-refractivity contribution in [3.8, 4) is 0 Å². The molecule has 0 saturated carbocycles. The Kier molecular flexibility index (Phi) is 4.14. The van der Waals surface area contributed by atoms with Crippen LogP contribution >= 0.6 is 22.6 Å². The van der Waals surface area contributed by atoms with E-state index in [0.717, 1.165) is 24.1 Å². The molecular weight excluding hydrogens is 409 g/mol. The number of anilines is 1. The minimum Gasteiger partial charge on any atom is -0.370 e. The van der Waals surface area contributed by atoms with Crippen LogP contribution in [0.3, 0.4) is 0 Å². The van der Waals surface area contributed by atoms with Crippen LogP contribution < -0.4 is 11.1 Å². The first-order valence-corrected chi connectivity index (χ1v) is 9.13. The largest absolute Gasteiger partial charge is 0.370 e. The third kappa shape index (κ3) is 2.98. The summed E-state index contributed by atoms with van der Waals surface area (Å²) in [5.41, 5.74) is 11.2. The highest BCUT2D eigenvalue weighted by molar-refractivity contribution is 14.1. The Bertz CT molecular complexity index is 937. The summed E-state index contributed by atoms with van der Waals surface area (Å²) < 4.78 is 1.21. The van der Waals surface area contributed by atoms with E-state index in [9.17, 15) is 0 Å². The quantitative estimate of drug-likeness (QED) is 0.368. The topological polar surface area (TPSA) is 50.4 Å². The molecular formula is C20H18IN3. The van der Waals surface area contributed by atoms with Crippen LogP contribution in [0.1, 0.15) is 16.7 Å². The van der Waals surface area contributed by atoms with E-state index in [1.54, 1.807) is 0 Å². The molecule has 3 aromatic rings. The molecule has 1 aliphatic rings. The smallest absolute Gasteiger partial charge is 0.193 e. The van der Waals surface area contributed by atoms with Crippen LogP contribution in [0.5, 0.6) is 0 Å². The van der Waals surface area contributed by atoms with Gasteiger partial charge in [-0.2, -0.15) is 0 Å². The second kappa shape index (κ2) is 6.43. The molecule has 120 valence electrons. The number of hydrogen-bond acceptors (Lipinski definition) is 1. The van der Waals surface area contributed by atoms with Crippen LogP contribution in [0.25, 0.3) is 10.8 Å². The third-order valence-corrected chi connectivity index (χ3v) is 5.13. The van der Waals surface area contributed by atoms with Crippen LogP contribution in [0.4, 0.5) is 5.69 Å². The molecule has 0 bridgehead atoms. The Morgan fingerprint density at radius 3 is 2.67 bits per heavy atom. The van der Waals surface area contributed by atoms with Crippen LogP contribution in [-0.2, 0) is 19.4 Å². The van der Waals surface area contributed by atoms with Crippen molar-refractivity contribution in [3.05, 3.63) is 74.9 Å². The van der Waals surface area contributed by atoms with E-state index in [2.05, 4.69) is 81.4 Å². The van der Waals surface area contributed by atoms with Crippen LogP contribution in [-0.4, -0.2) is 5.96 Å². The van der Waals surface area contributed by atoms with Gasteiger partial charge in [0.05, 0.1) is 6.54 Å². The van der Waals surface area contributed by atoms with Gasteiger partial charge in [-0.15, -0.1) is 0 Å². The van der Waals surface area contributed by atoms with Crippen molar-refractivity contribution in [1.82, 2.24) is 0 Å². The van der Waals surface area contributed by atoms with Gasteiger partial charge in [-0.3, -0.25) is 0 Å². The number of guanidine groups is 1. The van der Waals surface area contributed by atoms with Gasteiger partial charge in [-0.25, -0.2) is 4.99 Å². The highest BCUT2D eigenvalue weighted by Crippen LogP contribution is 2.34. The summed E-state index contributed by atoms with van der Waals surface area (Å²) in [6, 6.07) is 19.1. The van der Waals surface area contributed by atoms with E-state index in [1.165, 1.54) is 25.5 Å². The fourth-order valence-corrected chi connectivity index (χ4v) is 3.95. The Balaban J connectivity index is 1.59. The highest BCUT2D eigenvalue weighted by atomic mass is 127. The van der Waals surface area contributed by atoms with Crippen molar-refractivity contribution in [2.24, 2.45) is 10.7 Å². The SMILES string of the molecule is NC(=NCc1cccc(I)c1)Nc1ccc2c3c(cccc13)CC2. The molecule has 3 aromatic carbocycles. The fraction of sp³-hybridized carbons (Fsp3) is 0.150. The molecule has 0 aliphatic heterocycles. The molecule has 4 rings (SSSR count). The van der Waals surface area contributed by atoms with Gasteiger partial charge in [0.1, 0.15) is 0 Å². The zero-order valence-electron chi connectivity index (χ0n) is 13.2. The maximum absolute atomic E-state index is 6.11. The number of benzene rings is 3. The number of aryl methyl sites for hydroxylation is 2. The number of aliphatic imine (C=N–C) groups is 1. The molecule has 0 atom stereocenters. The summed E-state index contributed by atoms with van der Waals surface area (Å²) in [5.74, 6) is 0.451. The van der Waals surface area contributed by atoms with E-state index in [0.29, 0.717) is 12.5 Å². The first-order chi connectivity index (χ1) is 11.7. The minimum atomic E-state index is 0.451. The van der Waals surface area contributed by atoms with Crippen molar-refractivity contribution in [2.45, 2.75) is 19.4 Å². The average molecular weight is 427 g/mol. The van der Waals surface area contributed by atoms with E-state index in [1.807, 2.05) is 6.07 Å². The van der Waals surface area contributed by atoms with Crippen molar-refractivity contribution in [1.29, 1.82) is 0 Å². The van der Waals surface area contributed by atoms with Crippen LogP contribution in [0, 0.1) is 3.57 Å². The maximum atomic E-state index is 6.11. The summed E-state index contributed by atoms with van der Waals surface area (Å²) in [7, 11) is 0. The lowest BCUT2D eigenvalue weighted by Crippen LogP contribution is -2.22. The van der Waals surface area contributed by atoms with Crippen molar-refractivity contribution >= 4 is 45.0 Å². The molecule has 0 spiro atoms. The number of nitrogens with zero attached hydrogens (tertiary/aromatic N) is 1. The van der Waals surface area contributed by atoms with E-state index < -0.39 is 0 Å². The second-order valence-electron chi connectivity index (χ2n) is 6.07. The Labute approximate surface area is 155 Å². The van der Waals surface area contributed by atoms with Gasteiger partial charge in [-0.1, -0.05) is 36.4 Å². The van der Waals surface area contributed by atoms with Crippen molar-refractivity contribution in [3.63, 3.8) is 0 Å². The molecule has 0 radical (unpaired) electrons. The fourth-order valence-electron chi connectivity index (χ4n) is 3.35. The number of nitrogens with two attached hydrogens (primary N) is 1. The maximum Gasteiger partial charge on any atom is 0.193 e. The lowest BCUT2D eigenvalue weighted by molar-refractivity contribution is 1.02. The normalized spacial score (nSPS) is 13.5. The first-order valence-electron chi connectivity index (χ1n) is 8.05. The van der Waals surface area contributed by atoms with E-state index >= 15 is 0 Å². The molecule has 1 aliphatic carbocycles. The predicted octanol–water partition coefficient (Wildman–Crippen LogP) is 4.47. The number of rotatable bonds is 3. The van der Waals surface area contributed by atoms with Crippen molar-refractivity contribution < 1.29 is 0 Å². The zero-order valence-corrected chi connectivity index (χ0v) is 15.4. The number of hydrogen-bond donors (Lipinski definition) is 2. The second-order valence-corrected chi connectivity index (χ2v) is 7.31. The number of halogens is 1. The summed E-state index contributed by atoms with van der Waals surface area (Å²) >= 11 is 2.31. The lowest BCUT2D eigenvalue weighted by Gasteiger charge is -2.11. The van der Waals surface area contributed by atoms with Gasteiger partial charge in [0.25, 0.3) is 0 Å². The third-order valence-electron chi connectivity index (χ3n) is 4.46. The summed E-state index contributed by atoms with van der Waals surface area (Å²) in [5, 5.41) is 5.89. The summed E-state index contributed by atoms with van der Waals surface area (Å²) in [4.78, 5) is 4.48. The first kappa shape index (κ1) is 15.4. The molecule has 0 unspecified atom stereocenters. The van der Waals surface area contributed by atoms with E-state index in [-0.39, 0.29) is 0 Å². The van der Waals surface area contributed by atoms with Gasteiger partial charge >= 0.3 is 0 Å². The lowest BCUT2D eigenvalue weighted by atomic mass is 10.0. The Morgan fingerprint density at radius 1 is 1.04 bits per heavy atom. The van der Waals surface area contributed by atoms with Gasteiger partial charge in [0, 0.05) is 14.6 Å². The monoisotopic (exact) mass is 427 g/mol. The standard InChI is InChI=1S/C20H18IN3/c21-16-5-1-3-13(11-16)12-23-20(22)24-18-10-9-15-8-7-14-4-2-6-17(18)19(14)15/h1-6,9-11H,7-8,12H2,(H3,22,23,24). The van der Waals surface area contributed by atoms with E-state index in [4.69, 9.17) is 5.73 Å². The van der Waals surface area contributed by atoms with Crippen molar-refractivity contribution in [2.75, 3.05) is 5.32 Å². The predicted molar refractivity (Wildman–Crippen MR) is 109 cm³/mol.